The Morgan fingerprint density at radius 1 is 1.47 bits per heavy atom. The number of hydrogen-bond donors (Lipinski definition) is 1. The molecule has 1 aromatic rings. The Morgan fingerprint density at radius 3 is 3.00 bits per heavy atom. The molecule has 1 saturated carbocycles. The molecule has 84 valence electrons. The maximum atomic E-state index is 4.94. The second kappa shape index (κ2) is 5.48. The number of nitrogens with two attached hydrogens (primary N) is 1. The van der Waals surface area contributed by atoms with Gasteiger partial charge in [-0.15, -0.1) is 0 Å². The van der Waals surface area contributed by atoms with Crippen molar-refractivity contribution in [3.63, 3.8) is 0 Å². The van der Waals surface area contributed by atoms with E-state index in [0.717, 1.165) is 16.8 Å². The molecule has 1 aromatic heterocycles. The van der Waals surface area contributed by atoms with Crippen LogP contribution in [0.5, 0.6) is 0 Å². The Labute approximate surface area is 92.7 Å². The highest BCUT2D eigenvalue weighted by Gasteiger charge is 2.16. The second-order valence-electron chi connectivity index (χ2n) is 3.63. The van der Waals surface area contributed by atoms with Gasteiger partial charge in [-0.05, 0) is 12.8 Å². The summed E-state index contributed by atoms with van der Waals surface area (Å²) in [5.41, 5.74) is 0. The third kappa shape index (κ3) is 3.19. The van der Waals surface area contributed by atoms with Gasteiger partial charge < -0.3 is 4.52 Å². The summed E-state index contributed by atoms with van der Waals surface area (Å²) >= 11 is 1.91. The van der Waals surface area contributed by atoms with E-state index in [1.54, 1.807) is 0 Å². The fourth-order valence-corrected chi connectivity index (χ4v) is 2.89. The summed E-state index contributed by atoms with van der Waals surface area (Å²) in [5, 5.41) is 4.63. The van der Waals surface area contributed by atoms with Gasteiger partial charge in [0.05, 0.1) is 5.75 Å². The largest absolute Gasteiger partial charge is 0.337 e. The molecular weight excluding hydrogens is 214 g/mol. The molecule has 0 aliphatic heterocycles. The molecule has 1 fully saturated rings. The SMILES string of the molecule is NOCc1nc(CSC2CCCC2)no1. The molecule has 2 rings (SSSR count). The first-order valence-electron chi connectivity index (χ1n) is 5.13. The molecular formula is C9H15N3O2S. The van der Waals surface area contributed by atoms with Crippen molar-refractivity contribution in [1.29, 1.82) is 0 Å². The molecule has 2 N–H and O–H groups in total. The van der Waals surface area contributed by atoms with Crippen LogP contribution in [0.1, 0.15) is 37.4 Å². The van der Waals surface area contributed by atoms with Gasteiger partial charge in [0, 0.05) is 5.25 Å². The minimum absolute atomic E-state index is 0.182. The van der Waals surface area contributed by atoms with Crippen LogP contribution >= 0.6 is 11.8 Å². The second-order valence-corrected chi connectivity index (χ2v) is 4.92. The topological polar surface area (TPSA) is 74.2 Å². The van der Waals surface area contributed by atoms with Crippen molar-refractivity contribution in [1.82, 2.24) is 10.1 Å². The molecule has 0 saturated heterocycles. The zero-order chi connectivity index (χ0) is 10.5. The molecule has 0 aromatic carbocycles. The first kappa shape index (κ1) is 10.9. The van der Waals surface area contributed by atoms with E-state index in [1.807, 2.05) is 11.8 Å². The summed E-state index contributed by atoms with van der Waals surface area (Å²) in [7, 11) is 0. The molecule has 1 aliphatic rings. The Kier molecular flexibility index (Phi) is 3.99. The summed E-state index contributed by atoms with van der Waals surface area (Å²) in [6.45, 7) is 0.182. The molecule has 1 aliphatic carbocycles. The summed E-state index contributed by atoms with van der Waals surface area (Å²) in [6, 6.07) is 0. The lowest BCUT2D eigenvalue weighted by molar-refractivity contribution is 0.0995. The molecule has 0 amide bonds. The van der Waals surface area contributed by atoms with Crippen molar-refractivity contribution in [3.05, 3.63) is 11.7 Å². The number of thioether (sulfide) groups is 1. The zero-order valence-electron chi connectivity index (χ0n) is 8.52. The summed E-state index contributed by atoms with van der Waals surface area (Å²) in [6.07, 6.45) is 5.36. The van der Waals surface area contributed by atoms with E-state index in [4.69, 9.17) is 10.4 Å². The van der Waals surface area contributed by atoms with E-state index in [-0.39, 0.29) is 6.61 Å². The van der Waals surface area contributed by atoms with E-state index in [1.165, 1.54) is 25.7 Å². The molecule has 5 nitrogen and oxygen atoms in total. The highest BCUT2D eigenvalue weighted by atomic mass is 32.2. The van der Waals surface area contributed by atoms with E-state index >= 15 is 0 Å². The van der Waals surface area contributed by atoms with Crippen molar-refractivity contribution >= 4 is 11.8 Å². The maximum Gasteiger partial charge on any atom is 0.254 e. The maximum absolute atomic E-state index is 4.94. The highest BCUT2D eigenvalue weighted by Crippen LogP contribution is 2.30. The first-order valence-corrected chi connectivity index (χ1v) is 6.18. The van der Waals surface area contributed by atoms with Crippen molar-refractivity contribution in [3.8, 4) is 0 Å². The van der Waals surface area contributed by atoms with Crippen LogP contribution in [0.15, 0.2) is 4.52 Å². The Bertz CT molecular complexity index is 299. The van der Waals surface area contributed by atoms with E-state index < -0.39 is 0 Å². The molecule has 1 heterocycles. The fraction of sp³-hybridized carbons (Fsp3) is 0.778. The molecule has 15 heavy (non-hydrogen) atoms. The van der Waals surface area contributed by atoms with Crippen LogP contribution in [0.3, 0.4) is 0 Å². The molecule has 0 bridgehead atoms. The van der Waals surface area contributed by atoms with Crippen LogP contribution in [0, 0.1) is 0 Å². The lowest BCUT2D eigenvalue weighted by Crippen LogP contribution is -1.99. The lowest BCUT2D eigenvalue weighted by atomic mass is 10.4. The Hall–Kier alpha value is -0.590. The van der Waals surface area contributed by atoms with Crippen molar-refractivity contribution < 1.29 is 9.36 Å². The van der Waals surface area contributed by atoms with Crippen LogP contribution in [0.2, 0.25) is 0 Å². The highest BCUT2D eigenvalue weighted by molar-refractivity contribution is 7.99. The number of rotatable bonds is 5. The average molecular weight is 229 g/mol. The molecule has 6 heteroatoms. The number of aromatic nitrogens is 2. The fourth-order valence-electron chi connectivity index (χ4n) is 1.73. The van der Waals surface area contributed by atoms with Gasteiger partial charge in [0.1, 0.15) is 6.61 Å². The number of hydrogen-bond acceptors (Lipinski definition) is 6. The minimum Gasteiger partial charge on any atom is -0.337 e. The van der Waals surface area contributed by atoms with Crippen LogP contribution in [-0.2, 0) is 17.2 Å². The first-order chi connectivity index (χ1) is 7.38. The summed E-state index contributed by atoms with van der Waals surface area (Å²) in [4.78, 5) is 8.57. The summed E-state index contributed by atoms with van der Waals surface area (Å²) in [5.74, 6) is 6.91. The van der Waals surface area contributed by atoms with Crippen molar-refractivity contribution in [2.75, 3.05) is 0 Å². The van der Waals surface area contributed by atoms with Gasteiger partial charge in [-0.2, -0.15) is 16.7 Å². The van der Waals surface area contributed by atoms with E-state index in [0.29, 0.717) is 5.89 Å². The standard InChI is InChI=1S/C9H15N3O2S/c10-13-5-9-11-8(12-14-9)6-15-7-3-1-2-4-7/h7H,1-6,10H2. The average Bonchev–Trinajstić information content (AvgIpc) is 2.85. The van der Waals surface area contributed by atoms with Crippen LogP contribution in [0.4, 0.5) is 0 Å². The molecule has 0 radical (unpaired) electrons. The van der Waals surface area contributed by atoms with Gasteiger partial charge >= 0.3 is 0 Å². The van der Waals surface area contributed by atoms with Crippen LogP contribution in [-0.4, -0.2) is 15.4 Å². The van der Waals surface area contributed by atoms with Gasteiger partial charge in [-0.3, -0.25) is 4.84 Å². The van der Waals surface area contributed by atoms with Crippen LogP contribution < -0.4 is 5.90 Å². The Morgan fingerprint density at radius 2 is 2.27 bits per heavy atom. The quantitative estimate of drug-likeness (QED) is 0.774. The van der Waals surface area contributed by atoms with Gasteiger partial charge in [0.15, 0.2) is 5.82 Å². The monoisotopic (exact) mass is 229 g/mol. The summed E-state index contributed by atoms with van der Waals surface area (Å²) < 4.78 is 4.94. The van der Waals surface area contributed by atoms with Crippen molar-refractivity contribution in [2.45, 2.75) is 43.3 Å². The zero-order valence-corrected chi connectivity index (χ0v) is 9.33. The predicted octanol–water partition coefficient (Wildman–Crippen LogP) is 1.64. The van der Waals surface area contributed by atoms with Gasteiger partial charge in [0.2, 0.25) is 0 Å². The smallest absolute Gasteiger partial charge is 0.254 e. The molecule has 0 spiro atoms. The van der Waals surface area contributed by atoms with Gasteiger partial charge in [0.25, 0.3) is 5.89 Å². The van der Waals surface area contributed by atoms with Crippen LogP contribution in [0.25, 0.3) is 0 Å². The predicted molar refractivity (Wildman–Crippen MR) is 56.8 cm³/mol. The molecule has 0 atom stereocenters. The third-order valence-electron chi connectivity index (χ3n) is 2.47. The van der Waals surface area contributed by atoms with E-state index in [9.17, 15) is 0 Å². The minimum atomic E-state index is 0.182. The Balaban J connectivity index is 1.77. The lowest BCUT2D eigenvalue weighted by Gasteiger charge is -2.04. The van der Waals surface area contributed by atoms with E-state index in [2.05, 4.69) is 15.0 Å². The van der Waals surface area contributed by atoms with Gasteiger partial charge in [-0.1, -0.05) is 18.0 Å². The normalized spacial score (nSPS) is 17.4. The number of nitrogens with zero attached hydrogens (tertiary/aromatic N) is 2. The van der Waals surface area contributed by atoms with Gasteiger partial charge in [-0.25, -0.2) is 5.90 Å². The third-order valence-corrected chi connectivity index (χ3v) is 3.83. The van der Waals surface area contributed by atoms with Crippen molar-refractivity contribution in [2.24, 2.45) is 5.90 Å². The molecule has 0 unspecified atom stereocenters.